The molecule has 0 radical (unpaired) electrons. The van der Waals surface area contributed by atoms with E-state index in [0.29, 0.717) is 0 Å². The predicted molar refractivity (Wildman–Crippen MR) is 130 cm³/mol. The van der Waals surface area contributed by atoms with E-state index in [1.54, 1.807) is 0 Å². The van der Waals surface area contributed by atoms with E-state index in [2.05, 4.69) is 138 Å². The average Bonchev–Trinajstić information content (AvgIpc) is 2.80. The van der Waals surface area contributed by atoms with Crippen molar-refractivity contribution in [1.82, 2.24) is 0 Å². The molecule has 0 aromatic heterocycles. The van der Waals surface area contributed by atoms with Gasteiger partial charge in [-0.1, -0.05) is 0 Å². The van der Waals surface area contributed by atoms with Crippen LogP contribution in [-0.2, 0) is 6.42 Å². The molecule has 0 aliphatic heterocycles. The molecule has 4 aromatic rings. The Labute approximate surface area is 175 Å². The quantitative estimate of drug-likeness (QED) is 0.344. The molecule has 0 saturated heterocycles. The molecule has 0 aliphatic rings. The van der Waals surface area contributed by atoms with E-state index in [1.807, 2.05) is 0 Å². The first-order valence-electron chi connectivity index (χ1n) is 9.68. The summed E-state index contributed by atoms with van der Waals surface area (Å²) >= 11 is 4.50. The van der Waals surface area contributed by atoms with Gasteiger partial charge in [0.1, 0.15) is 0 Å². The van der Waals surface area contributed by atoms with Crippen LogP contribution in [0.4, 0.5) is 0 Å². The Balaban J connectivity index is 2.18. The van der Waals surface area contributed by atoms with Crippen molar-refractivity contribution >= 4 is 42.0 Å². The number of rotatable bonds is 5. The minimum atomic E-state index is -3.04. The monoisotopic (exact) mass is 446 g/mol. The van der Waals surface area contributed by atoms with Gasteiger partial charge in [-0.15, -0.1) is 0 Å². The van der Waals surface area contributed by atoms with Crippen molar-refractivity contribution in [2.24, 2.45) is 0 Å². The molecular formula is C26H24BrP. The third-order valence-corrected chi connectivity index (χ3v) is 15.5. The van der Waals surface area contributed by atoms with Crippen molar-refractivity contribution < 1.29 is 0 Å². The van der Waals surface area contributed by atoms with Gasteiger partial charge in [-0.2, -0.15) is 0 Å². The molecule has 0 saturated carbocycles. The zero-order chi connectivity index (χ0) is 19.5. The van der Waals surface area contributed by atoms with Gasteiger partial charge in [0.05, 0.1) is 0 Å². The van der Waals surface area contributed by atoms with Crippen molar-refractivity contribution in [2.75, 3.05) is 0 Å². The van der Waals surface area contributed by atoms with Crippen molar-refractivity contribution in [3.8, 4) is 0 Å². The molecule has 0 aliphatic carbocycles. The van der Waals surface area contributed by atoms with Crippen LogP contribution in [0.1, 0.15) is 12.5 Å². The van der Waals surface area contributed by atoms with Gasteiger partial charge in [-0.05, 0) is 0 Å². The summed E-state index contributed by atoms with van der Waals surface area (Å²) in [5, 5.41) is 2.23. The van der Waals surface area contributed by atoms with Gasteiger partial charge >= 0.3 is 176 Å². The summed E-state index contributed by atoms with van der Waals surface area (Å²) in [6, 6.07) is 41.9. The van der Waals surface area contributed by atoms with E-state index >= 15 is 0 Å². The van der Waals surface area contributed by atoms with Gasteiger partial charge in [0.15, 0.2) is 0 Å². The predicted octanol–water partition coefficient (Wildman–Crippen LogP) is 5.71. The maximum absolute atomic E-state index is 4.50. The summed E-state index contributed by atoms with van der Waals surface area (Å²) in [6.07, 6.45) is 1.04. The second-order valence-corrected chi connectivity index (χ2v) is 15.4. The second kappa shape index (κ2) is 7.66. The van der Waals surface area contributed by atoms with Gasteiger partial charge in [-0.3, -0.25) is 0 Å². The normalized spacial score (nSPS) is 12.9. The van der Waals surface area contributed by atoms with Gasteiger partial charge in [-0.25, -0.2) is 0 Å². The van der Waals surface area contributed by atoms with Gasteiger partial charge < -0.3 is 0 Å². The molecule has 0 spiro atoms. The Hall–Kier alpha value is -2.21. The molecule has 2 heteroatoms. The number of benzene rings is 4. The Bertz CT molecular complexity index is 942. The zero-order valence-electron chi connectivity index (χ0n) is 16.0. The van der Waals surface area contributed by atoms with E-state index < -0.39 is 5.31 Å². The summed E-state index contributed by atoms with van der Waals surface area (Å²) in [5.41, 5.74) is 1.36. The van der Waals surface area contributed by atoms with Crippen LogP contribution in [0, 0.1) is 0 Å². The van der Waals surface area contributed by atoms with Crippen LogP contribution in [0.2, 0.25) is 0 Å². The van der Waals surface area contributed by atoms with Gasteiger partial charge in [0, 0.05) is 0 Å². The van der Waals surface area contributed by atoms with Crippen LogP contribution in [0.5, 0.6) is 0 Å². The molecule has 0 unspecified atom stereocenters. The molecule has 0 fully saturated rings. The van der Waals surface area contributed by atoms with Crippen molar-refractivity contribution in [2.45, 2.75) is 13.3 Å². The van der Waals surface area contributed by atoms with Gasteiger partial charge in [0.2, 0.25) is 0 Å². The topological polar surface area (TPSA) is 0 Å². The number of aryl methyl sites for hydroxylation is 1. The van der Waals surface area contributed by atoms with Crippen molar-refractivity contribution in [3.63, 3.8) is 0 Å². The fraction of sp³-hybridized carbons (Fsp3) is 0.0769. The first-order chi connectivity index (χ1) is 13.7. The van der Waals surface area contributed by atoms with Crippen molar-refractivity contribution in [3.05, 3.63) is 121 Å². The number of hydrogen-bond acceptors (Lipinski definition) is 0. The van der Waals surface area contributed by atoms with Crippen LogP contribution in [0.3, 0.4) is 0 Å². The van der Waals surface area contributed by atoms with E-state index in [-0.39, 0.29) is 0 Å². The molecular weight excluding hydrogens is 423 g/mol. The van der Waals surface area contributed by atoms with E-state index in [0.717, 1.165) is 6.42 Å². The fourth-order valence-electron chi connectivity index (χ4n) is 4.03. The summed E-state index contributed by atoms with van der Waals surface area (Å²) < 4.78 is 0. The van der Waals surface area contributed by atoms with Crippen molar-refractivity contribution in [1.29, 1.82) is 0 Å². The van der Waals surface area contributed by atoms with E-state index in [1.165, 1.54) is 26.8 Å². The van der Waals surface area contributed by atoms with Crippen LogP contribution in [0.25, 0.3) is 0 Å². The Morgan fingerprint density at radius 1 is 0.500 bits per heavy atom. The molecule has 0 amide bonds. The molecule has 0 nitrogen and oxygen atoms in total. The molecule has 0 bridgehead atoms. The SMILES string of the molecule is CCc1ccc(P(Br)(c2ccccc2)(c2ccccc2)c2ccccc2)cc1. The maximum atomic E-state index is 4.50. The molecule has 28 heavy (non-hydrogen) atoms. The third-order valence-electron chi connectivity index (χ3n) is 5.55. The molecule has 140 valence electrons. The summed E-state index contributed by atoms with van der Waals surface area (Å²) in [4.78, 5) is 0. The fourth-order valence-corrected chi connectivity index (χ4v) is 11.6. The number of halogens is 1. The molecule has 0 N–H and O–H groups in total. The van der Waals surface area contributed by atoms with E-state index in [4.69, 9.17) is 0 Å². The van der Waals surface area contributed by atoms with Crippen LogP contribution >= 0.6 is 20.8 Å². The Morgan fingerprint density at radius 2 is 0.821 bits per heavy atom. The average molecular weight is 447 g/mol. The molecule has 4 rings (SSSR count). The molecule has 0 atom stereocenters. The summed E-state index contributed by atoms with van der Waals surface area (Å²) in [6.45, 7) is 2.20. The Morgan fingerprint density at radius 3 is 1.14 bits per heavy atom. The molecule has 4 aromatic carbocycles. The standard InChI is InChI=1S/C26H24BrP/c1-2-22-18-20-26(21-19-22)28(27,23-12-6-3-7-13-23,24-14-8-4-9-15-24)25-16-10-5-11-17-25/h3-21H,2H2,1H3. The number of hydrogen-bond donors (Lipinski definition) is 0. The zero-order valence-corrected chi connectivity index (χ0v) is 18.5. The van der Waals surface area contributed by atoms with Gasteiger partial charge in [0.25, 0.3) is 0 Å². The first-order valence-corrected chi connectivity index (χ1v) is 13.9. The Kier molecular flexibility index (Phi) is 5.23. The first kappa shape index (κ1) is 19.1. The summed E-state index contributed by atoms with van der Waals surface area (Å²) in [7, 11) is 0. The molecule has 0 heterocycles. The third kappa shape index (κ3) is 2.85. The van der Waals surface area contributed by atoms with E-state index in [9.17, 15) is 0 Å². The van der Waals surface area contributed by atoms with Crippen LogP contribution in [-0.4, -0.2) is 0 Å². The minimum absolute atomic E-state index is 1.04. The second-order valence-electron chi connectivity index (χ2n) is 7.04. The van der Waals surface area contributed by atoms with Crippen LogP contribution in [0.15, 0.2) is 115 Å². The summed E-state index contributed by atoms with van der Waals surface area (Å²) in [5.74, 6) is 0. The van der Waals surface area contributed by atoms with Crippen LogP contribution < -0.4 is 21.2 Å².